The number of hydrogen-bond donors (Lipinski definition) is 1. The van der Waals surface area contributed by atoms with Crippen LogP contribution in [0.5, 0.6) is 0 Å². The molecule has 3 rings (SSSR count). The van der Waals surface area contributed by atoms with E-state index in [1.54, 1.807) is 6.20 Å². The second kappa shape index (κ2) is 6.55. The lowest BCUT2D eigenvalue weighted by atomic mass is 10.1. The maximum absolute atomic E-state index is 12.9. The van der Waals surface area contributed by atoms with Crippen LogP contribution in [0.3, 0.4) is 0 Å². The lowest BCUT2D eigenvalue weighted by Crippen LogP contribution is -2.24. The summed E-state index contributed by atoms with van der Waals surface area (Å²) in [5.41, 5.74) is 4.50. The van der Waals surface area contributed by atoms with Crippen LogP contribution in [0.1, 0.15) is 34.0 Å². The van der Waals surface area contributed by atoms with Crippen molar-refractivity contribution in [1.82, 2.24) is 4.57 Å². The Morgan fingerprint density at radius 2 is 1.76 bits per heavy atom. The van der Waals surface area contributed by atoms with Gasteiger partial charge < -0.3 is 9.88 Å². The maximum Gasteiger partial charge on any atom is 0.261 e. The topological polar surface area (TPSA) is 51.1 Å². The molecule has 0 atom stereocenters. The molecule has 2 aromatic carbocycles. The summed E-state index contributed by atoms with van der Waals surface area (Å²) in [6, 6.07) is 11.6. The summed E-state index contributed by atoms with van der Waals surface area (Å²) in [7, 11) is 0. The number of anilines is 1. The van der Waals surface area contributed by atoms with Crippen molar-refractivity contribution in [2.24, 2.45) is 0 Å². The maximum atomic E-state index is 12.9. The van der Waals surface area contributed by atoms with Crippen LogP contribution < -0.4 is 10.7 Å². The first kappa shape index (κ1) is 17.0. The van der Waals surface area contributed by atoms with Crippen molar-refractivity contribution in [3.63, 3.8) is 0 Å². The molecule has 1 N–H and O–H groups in total. The van der Waals surface area contributed by atoms with Gasteiger partial charge in [-0.15, -0.1) is 0 Å². The molecule has 0 aliphatic rings. The average molecular weight is 334 g/mol. The molecule has 0 spiro atoms. The number of aryl methyl sites for hydroxylation is 4. The molecule has 0 fully saturated rings. The van der Waals surface area contributed by atoms with E-state index in [0.29, 0.717) is 11.9 Å². The van der Waals surface area contributed by atoms with Crippen LogP contribution in [0.2, 0.25) is 0 Å². The Kier molecular flexibility index (Phi) is 4.45. The van der Waals surface area contributed by atoms with Crippen LogP contribution in [0, 0.1) is 20.8 Å². The number of rotatable bonds is 3. The van der Waals surface area contributed by atoms with Gasteiger partial charge in [0.1, 0.15) is 5.56 Å². The van der Waals surface area contributed by atoms with Crippen LogP contribution in [0.15, 0.2) is 47.4 Å². The van der Waals surface area contributed by atoms with Crippen molar-refractivity contribution in [3.8, 4) is 0 Å². The normalized spacial score (nSPS) is 10.9. The fraction of sp³-hybridized carbons (Fsp3) is 0.238. The summed E-state index contributed by atoms with van der Waals surface area (Å²) in [6.07, 6.45) is 1.66. The highest BCUT2D eigenvalue weighted by Crippen LogP contribution is 2.21. The molecular weight excluding hydrogens is 312 g/mol. The largest absolute Gasteiger partial charge is 0.347 e. The predicted octanol–water partition coefficient (Wildman–Crippen LogP) is 4.20. The van der Waals surface area contributed by atoms with Crippen molar-refractivity contribution >= 4 is 22.5 Å². The van der Waals surface area contributed by atoms with Crippen molar-refractivity contribution in [3.05, 3.63) is 75.1 Å². The minimum atomic E-state index is -0.368. The summed E-state index contributed by atoms with van der Waals surface area (Å²) in [4.78, 5) is 25.7. The van der Waals surface area contributed by atoms with Crippen LogP contribution in [-0.4, -0.2) is 10.5 Å². The number of carbonyl (C=O) groups excluding carboxylic acids is 1. The number of nitrogens with zero attached hydrogens (tertiary/aromatic N) is 1. The van der Waals surface area contributed by atoms with Gasteiger partial charge in [-0.25, -0.2) is 0 Å². The molecule has 0 saturated heterocycles. The van der Waals surface area contributed by atoms with E-state index in [1.807, 2.05) is 68.7 Å². The summed E-state index contributed by atoms with van der Waals surface area (Å²) in [5, 5.41) is 3.49. The number of amides is 1. The van der Waals surface area contributed by atoms with E-state index in [-0.39, 0.29) is 16.9 Å². The van der Waals surface area contributed by atoms with Gasteiger partial charge in [0, 0.05) is 23.8 Å². The molecule has 0 unspecified atom stereocenters. The van der Waals surface area contributed by atoms with Gasteiger partial charge in [0.2, 0.25) is 5.43 Å². The van der Waals surface area contributed by atoms with E-state index in [2.05, 4.69) is 5.32 Å². The molecule has 128 valence electrons. The molecular formula is C21H22N2O2. The first-order valence-electron chi connectivity index (χ1n) is 8.43. The third-order valence-electron chi connectivity index (χ3n) is 4.54. The Morgan fingerprint density at radius 3 is 2.40 bits per heavy atom. The summed E-state index contributed by atoms with van der Waals surface area (Å²) in [6.45, 7) is 8.51. The van der Waals surface area contributed by atoms with E-state index in [4.69, 9.17) is 0 Å². The number of pyridine rings is 1. The minimum Gasteiger partial charge on any atom is -0.347 e. The van der Waals surface area contributed by atoms with Gasteiger partial charge in [0.15, 0.2) is 0 Å². The number of nitrogens with one attached hydrogen (secondary N) is 1. The monoisotopic (exact) mass is 334 g/mol. The quantitative estimate of drug-likeness (QED) is 0.780. The number of aromatic nitrogens is 1. The lowest BCUT2D eigenvalue weighted by molar-refractivity contribution is 0.102. The Bertz CT molecular complexity index is 1010. The average Bonchev–Trinajstić information content (AvgIpc) is 2.59. The highest BCUT2D eigenvalue weighted by Gasteiger charge is 2.16. The first-order chi connectivity index (χ1) is 11.9. The number of para-hydroxylation sites is 1. The van der Waals surface area contributed by atoms with Gasteiger partial charge in [-0.3, -0.25) is 9.59 Å². The van der Waals surface area contributed by atoms with Crippen molar-refractivity contribution in [1.29, 1.82) is 0 Å². The van der Waals surface area contributed by atoms with Gasteiger partial charge in [-0.2, -0.15) is 0 Å². The van der Waals surface area contributed by atoms with Crippen molar-refractivity contribution in [2.45, 2.75) is 34.2 Å². The number of fused-ring (bicyclic) bond motifs is 1. The lowest BCUT2D eigenvalue weighted by Gasteiger charge is -2.14. The minimum absolute atomic E-state index is 0.169. The molecule has 0 aliphatic heterocycles. The molecule has 3 aromatic rings. The predicted molar refractivity (Wildman–Crippen MR) is 102 cm³/mol. The summed E-state index contributed by atoms with van der Waals surface area (Å²) >= 11 is 0. The second-order valence-corrected chi connectivity index (χ2v) is 6.40. The Morgan fingerprint density at radius 1 is 1.08 bits per heavy atom. The zero-order valence-corrected chi connectivity index (χ0v) is 15.0. The van der Waals surface area contributed by atoms with Gasteiger partial charge >= 0.3 is 0 Å². The molecule has 4 nitrogen and oxygen atoms in total. The van der Waals surface area contributed by atoms with Gasteiger partial charge in [0.25, 0.3) is 5.91 Å². The van der Waals surface area contributed by atoms with E-state index < -0.39 is 0 Å². The SMILES string of the molecule is CCn1cc(C(=O)Nc2c(C)cccc2C)c(=O)c2cc(C)ccc21. The first-order valence-corrected chi connectivity index (χ1v) is 8.43. The van der Waals surface area contributed by atoms with Crippen LogP contribution in [0.4, 0.5) is 5.69 Å². The second-order valence-electron chi connectivity index (χ2n) is 6.40. The van der Waals surface area contributed by atoms with E-state index >= 15 is 0 Å². The molecule has 1 heterocycles. The zero-order valence-electron chi connectivity index (χ0n) is 15.0. The molecule has 1 aromatic heterocycles. The number of benzene rings is 2. The molecule has 0 saturated carbocycles. The third-order valence-corrected chi connectivity index (χ3v) is 4.54. The van der Waals surface area contributed by atoms with Crippen LogP contribution in [0.25, 0.3) is 10.9 Å². The Hall–Kier alpha value is -2.88. The number of carbonyl (C=O) groups is 1. The Labute approximate surface area is 147 Å². The Balaban J connectivity index is 2.13. The fourth-order valence-electron chi connectivity index (χ4n) is 3.13. The summed E-state index contributed by atoms with van der Waals surface area (Å²) < 4.78 is 1.94. The zero-order chi connectivity index (χ0) is 18.1. The third kappa shape index (κ3) is 3.07. The van der Waals surface area contributed by atoms with E-state index in [9.17, 15) is 9.59 Å². The molecule has 0 radical (unpaired) electrons. The van der Waals surface area contributed by atoms with Crippen LogP contribution in [-0.2, 0) is 6.54 Å². The highest BCUT2D eigenvalue weighted by molar-refractivity contribution is 6.06. The molecule has 4 heteroatoms. The van der Waals surface area contributed by atoms with Crippen molar-refractivity contribution < 1.29 is 4.79 Å². The van der Waals surface area contributed by atoms with Gasteiger partial charge in [-0.05, 0) is 51.0 Å². The smallest absolute Gasteiger partial charge is 0.261 e. The number of hydrogen-bond acceptors (Lipinski definition) is 2. The highest BCUT2D eigenvalue weighted by atomic mass is 16.2. The molecule has 0 aliphatic carbocycles. The summed E-state index contributed by atoms with van der Waals surface area (Å²) in [5.74, 6) is -0.368. The van der Waals surface area contributed by atoms with Gasteiger partial charge in [-0.1, -0.05) is 29.8 Å². The van der Waals surface area contributed by atoms with E-state index in [0.717, 1.165) is 27.9 Å². The van der Waals surface area contributed by atoms with Gasteiger partial charge in [0.05, 0.1) is 5.52 Å². The van der Waals surface area contributed by atoms with Crippen molar-refractivity contribution in [2.75, 3.05) is 5.32 Å². The molecule has 1 amide bonds. The molecule has 25 heavy (non-hydrogen) atoms. The fourth-order valence-corrected chi connectivity index (χ4v) is 3.13. The van der Waals surface area contributed by atoms with Crippen LogP contribution >= 0.6 is 0 Å². The standard InChI is InChI=1S/C21H22N2O2/c1-5-23-12-17(20(24)16-11-13(2)9-10-18(16)23)21(25)22-19-14(3)7-6-8-15(19)4/h6-12H,5H2,1-4H3,(H,22,25). The molecule has 0 bridgehead atoms. The van der Waals surface area contributed by atoms with E-state index in [1.165, 1.54) is 0 Å².